The molecule has 0 spiro atoms. The predicted octanol–water partition coefficient (Wildman–Crippen LogP) is 3.75. The van der Waals surface area contributed by atoms with Crippen molar-refractivity contribution in [2.45, 2.75) is 26.7 Å². The summed E-state index contributed by atoms with van der Waals surface area (Å²) < 4.78 is 5.32. The zero-order valence-electron chi connectivity index (χ0n) is 12.8. The summed E-state index contributed by atoms with van der Waals surface area (Å²) in [5, 5.41) is 6.53. The van der Waals surface area contributed by atoms with E-state index in [4.69, 9.17) is 4.74 Å². The summed E-state index contributed by atoms with van der Waals surface area (Å²) in [7, 11) is 1.65. The van der Waals surface area contributed by atoms with Crippen molar-refractivity contribution < 1.29 is 4.74 Å². The van der Waals surface area contributed by atoms with Gasteiger partial charge in [-0.05, 0) is 25.5 Å². The van der Waals surface area contributed by atoms with Crippen LogP contribution in [0.3, 0.4) is 0 Å². The number of benzene rings is 1. The molecule has 0 fully saturated rings. The van der Waals surface area contributed by atoms with Gasteiger partial charge < -0.3 is 15.4 Å². The van der Waals surface area contributed by atoms with Gasteiger partial charge >= 0.3 is 0 Å². The van der Waals surface area contributed by atoms with E-state index in [0.717, 1.165) is 42.3 Å². The molecule has 0 aliphatic rings. The number of hydrogen-bond donors (Lipinski definition) is 2. The Balaban J connectivity index is 2.15. The van der Waals surface area contributed by atoms with Crippen LogP contribution in [0.4, 0.5) is 17.5 Å². The number of anilines is 3. The van der Waals surface area contributed by atoms with Gasteiger partial charge in [0.2, 0.25) is 5.95 Å². The Kier molecular flexibility index (Phi) is 5.37. The van der Waals surface area contributed by atoms with Crippen LogP contribution in [-0.4, -0.2) is 23.6 Å². The van der Waals surface area contributed by atoms with Crippen molar-refractivity contribution in [1.29, 1.82) is 0 Å². The van der Waals surface area contributed by atoms with Crippen LogP contribution in [-0.2, 0) is 0 Å². The van der Waals surface area contributed by atoms with Gasteiger partial charge in [-0.1, -0.05) is 25.5 Å². The lowest BCUT2D eigenvalue weighted by molar-refractivity contribution is 0.417. The van der Waals surface area contributed by atoms with Gasteiger partial charge in [-0.15, -0.1) is 0 Å². The Morgan fingerprint density at radius 3 is 2.76 bits per heavy atom. The van der Waals surface area contributed by atoms with Gasteiger partial charge in [-0.25, -0.2) is 4.98 Å². The molecule has 1 aromatic heterocycles. The lowest BCUT2D eigenvalue weighted by Gasteiger charge is -2.12. The summed E-state index contributed by atoms with van der Waals surface area (Å²) in [6.07, 6.45) is 2.28. The first-order valence-electron chi connectivity index (χ1n) is 7.22. The predicted molar refractivity (Wildman–Crippen MR) is 86.4 cm³/mol. The highest BCUT2D eigenvalue weighted by molar-refractivity contribution is 5.63. The molecule has 0 saturated carbocycles. The summed E-state index contributed by atoms with van der Waals surface area (Å²) >= 11 is 0. The third-order valence-corrected chi connectivity index (χ3v) is 3.04. The maximum Gasteiger partial charge on any atom is 0.229 e. The molecule has 2 N–H and O–H groups in total. The molecule has 0 radical (unpaired) electrons. The fraction of sp³-hybridized carbons (Fsp3) is 0.375. The fourth-order valence-corrected chi connectivity index (χ4v) is 1.98. The molecule has 0 aliphatic heterocycles. The van der Waals surface area contributed by atoms with E-state index in [1.54, 1.807) is 7.11 Å². The Hall–Kier alpha value is -2.30. The van der Waals surface area contributed by atoms with Gasteiger partial charge in [0, 0.05) is 18.3 Å². The van der Waals surface area contributed by atoms with Crippen LogP contribution in [0.25, 0.3) is 0 Å². The lowest BCUT2D eigenvalue weighted by Crippen LogP contribution is -2.07. The standard InChI is InChI=1S/C16H22N4O/c1-4-5-10-17-15-11-12(2)18-16(20-15)19-13-8-6-7-9-14(13)21-3/h6-9,11H,4-5,10H2,1-3H3,(H2,17,18,19,20). The quantitative estimate of drug-likeness (QED) is 0.759. The number of nitrogens with one attached hydrogen (secondary N) is 2. The van der Waals surface area contributed by atoms with E-state index in [2.05, 4.69) is 27.5 Å². The summed E-state index contributed by atoms with van der Waals surface area (Å²) in [6, 6.07) is 9.66. The molecule has 5 nitrogen and oxygen atoms in total. The highest BCUT2D eigenvalue weighted by Gasteiger charge is 2.06. The highest BCUT2D eigenvalue weighted by Crippen LogP contribution is 2.26. The molecule has 0 amide bonds. The number of ether oxygens (including phenoxy) is 1. The zero-order valence-corrected chi connectivity index (χ0v) is 12.8. The fourth-order valence-electron chi connectivity index (χ4n) is 1.98. The van der Waals surface area contributed by atoms with Crippen molar-refractivity contribution in [2.75, 3.05) is 24.3 Å². The average Bonchev–Trinajstić information content (AvgIpc) is 2.47. The van der Waals surface area contributed by atoms with Crippen LogP contribution in [0.1, 0.15) is 25.5 Å². The first-order valence-corrected chi connectivity index (χ1v) is 7.22. The Morgan fingerprint density at radius 2 is 2.00 bits per heavy atom. The first-order chi connectivity index (χ1) is 10.2. The maximum absolute atomic E-state index is 5.32. The van der Waals surface area contributed by atoms with E-state index in [1.165, 1.54) is 0 Å². The third kappa shape index (κ3) is 4.34. The number of unbranched alkanes of at least 4 members (excludes halogenated alkanes) is 1. The third-order valence-electron chi connectivity index (χ3n) is 3.04. The van der Waals surface area contributed by atoms with Gasteiger partial charge in [0.25, 0.3) is 0 Å². The topological polar surface area (TPSA) is 59.1 Å². The SMILES string of the molecule is CCCCNc1cc(C)nc(Nc2ccccc2OC)n1. The van der Waals surface area contributed by atoms with E-state index in [0.29, 0.717) is 5.95 Å². The molecule has 1 aromatic carbocycles. The van der Waals surface area contributed by atoms with Gasteiger partial charge in [0.1, 0.15) is 11.6 Å². The second kappa shape index (κ2) is 7.47. The second-order valence-electron chi connectivity index (χ2n) is 4.82. The summed E-state index contributed by atoms with van der Waals surface area (Å²) in [5.74, 6) is 2.18. The number of aromatic nitrogens is 2. The first kappa shape index (κ1) is 15.1. The van der Waals surface area contributed by atoms with Crippen molar-refractivity contribution in [1.82, 2.24) is 9.97 Å². The Labute approximate surface area is 125 Å². The monoisotopic (exact) mass is 286 g/mol. The summed E-state index contributed by atoms with van der Waals surface area (Å²) in [6.45, 7) is 5.04. The molecule has 112 valence electrons. The Bertz CT molecular complexity index is 586. The van der Waals surface area contributed by atoms with E-state index in [9.17, 15) is 0 Å². The van der Waals surface area contributed by atoms with Crippen LogP contribution in [0.5, 0.6) is 5.75 Å². The minimum absolute atomic E-state index is 0.568. The molecule has 21 heavy (non-hydrogen) atoms. The normalized spacial score (nSPS) is 10.2. The average molecular weight is 286 g/mol. The minimum atomic E-state index is 0.568. The van der Waals surface area contributed by atoms with Crippen molar-refractivity contribution in [3.05, 3.63) is 36.0 Å². The number of nitrogens with zero attached hydrogens (tertiary/aromatic N) is 2. The van der Waals surface area contributed by atoms with Crippen molar-refractivity contribution in [3.8, 4) is 5.75 Å². The lowest BCUT2D eigenvalue weighted by atomic mass is 10.3. The second-order valence-corrected chi connectivity index (χ2v) is 4.82. The summed E-state index contributed by atoms with van der Waals surface area (Å²) in [4.78, 5) is 8.90. The molecular weight excluding hydrogens is 264 g/mol. The van der Waals surface area contributed by atoms with Crippen molar-refractivity contribution in [3.63, 3.8) is 0 Å². The number of methoxy groups -OCH3 is 1. The number of para-hydroxylation sites is 2. The van der Waals surface area contributed by atoms with E-state index in [1.807, 2.05) is 37.3 Å². The van der Waals surface area contributed by atoms with Crippen LogP contribution >= 0.6 is 0 Å². The van der Waals surface area contributed by atoms with E-state index >= 15 is 0 Å². The molecule has 1 heterocycles. The maximum atomic E-state index is 5.32. The van der Waals surface area contributed by atoms with Gasteiger partial charge in [-0.2, -0.15) is 4.98 Å². The molecule has 0 unspecified atom stereocenters. The largest absolute Gasteiger partial charge is 0.495 e. The smallest absolute Gasteiger partial charge is 0.229 e. The van der Waals surface area contributed by atoms with Crippen LogP contribution in [0.2, 0.25) is 0 Å². The van der Waals surface area contributed by atoms with Crippen molar-refractivity contribution in [2.24, 2.45) is 0 Å². The van der Waals surface area contributed by atoms with Crippen LogP contribution in [0, 0.1) is 6.92 Å². The van der Waals surface area contributed by atoms with Gasteiger partial charge in [0.15, 0.2) is 0 Å². The van der Waals surface area contributed by atoms with Gasteiger partial charge in [-0.3, -0.25) is 0 Å². The Morgan fingerprint density at radius 1 is 1.19 bits per heavy atom. The minimum Gasteiger partial charge on any atom is -0.495 e. The molecule has 0 aliphatic carbocycles. The molecule has 5 heteroatoms. The molecule has 2 rings (SSSR count). The number of hydrogen-bond acceptors (Lipinski definition) is 5. The molecule has 0 bridgehead atoms. The van der Waals surface area contributed by atoms with E-state index < -0.39 is 0 Å². The van der Waals surface area contributed by atoms with E-state index in [-0.39, 0.29) is 0 Å². The van der Waals surface area contributed by atoms with Crippen molar-refractivity contribution >= 4 is 17.5 Å². The molecule has 0 atom stereocenters. The highest BCUT2D eigenvalue weighted by atomic mass is 16.5. The van der Waals surface area contributed by atoms with Gasteiger partial charge in [0.05, 0.1) is 12.8 Å². The summed E-state index contributed by atoms with van der Waals surface area (Å²) in [5.41, 5.74) is 1.77. The molecule has 0 saturated heterocycles. The molecular formula is C16H22N4O. The molecule has 2 aromatic rings. The number of rotatable bonds is 7. The van der Waals surface area contributed by atoms with Crippen LogP contribution < -0.4 is 15.4 Å². The number of aryl methyl sites for hydroxylation is 1. The van der Waals surface area contributed by atoms with Crippen LogP contribution in [0.15, 0.2) is 30.3 Å². The zero-order chi connectivity index (χ0) is 15.1.